The van der Waals surface area contributed by atoms with Crippen molar-refractivity contribution in [1.29, 1.82) is 0 Å². The fourth-order valence-corrected chi connectivity index (χ4v) is 5.45. The second-order valence-corrected chi connectivity index (χ2v) is 9.86. The smallest absolute Gasteiger partial charge is 0.311 e. The van der Waals surface area contributed by atoms with E-state index in [1.165, 1.54) is 37.3 Å². The zero-order valence-corrected chi connectivity index (χ0v) is 18.3. The summed E-state index contributed by atoms with van der Waals surface area (Å²) in [4.78, 5) is 34.1. The number of likely N-dealkylation sites (tertiary alicyclic amines) is 1. The van der Waals surface area contributed by atoms with Crippen molar-refractivity contribution in [3.05, 3.63) is 0 Å². The van der Waals surface area contributed by atoms with Gasteiger partial charge in [0.1, 0.15) is 6.04 Å². The third kappa shape index (κ3) is 5.65. The highest BCUT2D eigenvalue weighted by Crippen LogP contribution is 2.30. The predicted molar refractivity (Wildman–Crippen MR) is 108 cm³/mol. The van der Waals surface area contributed by atoms with E-state index in [-0.39, 0.29) is 12.6 Å². The molecule has 2 unspecified atom stereocenters. The Morgan fingerprint density at radius 2 is 2.00 bits per heavy atom. The first-order valence-corrected chi connectivity index (χ1v) is 12.3. The number of rotatable bonds is 8. The largest absolute Gasteiger partial charge is 0.418 e. The van der Waals surface area contributed by atoms with Crippen LogP contribution in [0.4, 0.5) is 4.79 Å². The Labute approximate surface area is 182 Å². The van der Waals surface area contributed by atoms with E-state index in [0.717, 1.165) is 19.5 Å². The summed E-state index contributed by atoms with van der Waals surface area (Å²) in [7, 11) is -4.81. The molecule has 13 heteroatoms. The lowest BCUT2D eigenvalue weighted by atomic mass is 10.0. The quantitative estimate of drug-likeness (QED) is 0.322. The molecular weight excluding hydrogens is 430 g/mol. The number of nitrogens with one attached hydrogen (secondary N) is 2. The number of carbonyl (C=O) groups excluding carboxylic acids is 2. The molecule has 12 nitrogen and oxygen atoms in total. The van der Waals surface area contributed by atoms with E-state index >= 15 is 0 Å². The average molecular weight is 462 g/mol. The average Bonchev–Trinajstić information content (AvgIpc) is 3.26. The van der Waals surface area contributed by atoms with Crippen molar-refractivity contribution >= 4 is 22.3 Å². The molecule has 4 atom stereocenters. The van der Waals surface area contributed by atoms with Gasteiger partial charge in [0.25, 0.3) is 5.91 Å². The lowest BCUT2D eigenvalue weighted by Crippen LogP contribution is -2.50. The Balaban J connectivity index is 1.19. The predicted octanol–water partition coefficient (Wildman–Crippen LogP) is -0.499. The molecule has 31 heavy (non-hydrogen) atoms. The second-order valence-electron chi connectivity index (χ2n) is 8.86. The molecule has 2 bridgehead atoms. The van der Waals surface area contributed by atoms with Gasteiger partial charge in [-0.15, -0.1) is 4.28 Å². The van der Waals surface area contributed by atoms with Crippen LogP contribution in [0.2, 0.25) is 0 Å². The molecule has 0 radical (unpaired) electrons. The van der Waals surface area contributed by atoms with Crippen LogP contribution in [-0.2, 0) is 24.3 Å². The summed E-state index contributed by atoms with van der Waals surface area (Å²) in [5, 5.41) is 4.06. The molecule has 0 aromatic heterocycles. The topological polar surface area (TPSA) is 141 Å². The van der Waals surface area contributed by atoms with Crippen molar-refractivity contribution in [1.82, 2.24) is 25.7 Å². The molecule has 0 saturated carbocycles. The number of amides is 3. The number of nitrogens with zero attached hydrogens (tertiary/aromatic N) is 3. The van der Waals surface area contributed by atoms with Crippen molar-refractivity contribution in [3.63, 3.8) is 0 Å². The van der Waals surface area contributed by atoms with Crippen LogP contribution in [0.5, 0.6) is 0 Å². The van der Waals surface area contributed by atoms with Crippen LogP contribution in [0, 0.1) is 5.92 Å². The van der Waals surface area contributed by atoms with Crippen LogP contribution < -0.4 is 10.8 Å². The summed E-state index contributed by atoms with van der Waals surface area (Å²) in [6.07, 6.45) is 5.59. The van der Waals surface area contributed by atoms with Crippen LogP contribution >= 0.6 is 0 Å². The van der Waals surface area contributed by atoms with Crippen LogP contribution in [0.1, 0.15) is 38.5 Å². The maximum Gasteiger partial charge on any atom is 0.418 e. The summed E-state index contributed by atoms with van der Waals surface area (Å²) >= 11 is 0. The number of hydrogen-bond acceptors (Lipinski definition) is 8. The summed E-state index contributed by atoms with van der Waals surface area (Å²) in [6, 6.07) is -1.91. The fourth-order valence-electron chi connectivity index (χ4n) is 5.06. The van der Waals surface area contributed by atoms with Gasteiger partial charge in [-0.3, -0.25) is 14.2 Å². The number of carbonyl (C=O) groups is 2. The molecule has 4 rings (SSSR count). The van der Waals surface area contributed by atoms with E-state index in [2.05, 4.69) is 20.0 Å². The first-order chi connectivity index (χ1) is 14.8. The van der Waals surface area contributed by atoms with E-state index in [1.807, 2.05) is 0 Å². The Morgan fingerprint density at radius 1 is 1.23 bits per heavy atom. The molecule has 4 heterocycles. The van der Waals surface area contributed by atoms with Gasteiger partial charge in [0.05, 0.1) is 12.6 Å². The Hall–Kier alpha value is -1.51. The minimum Gasteiger partial charge on any atom is -0.311 e. The maximum absolute atomic E-state index is 12.5. The van der Waals surface area contributed by atoms with Gasteiger partial charge in [-0.25, -0.2) is 10.3 Å². The summed E-state index contributed by atoms with van der Waals surface area (Å²) < 4.78 is 35.1. The molecule has 0 aromatic rings. The molecule has 4 aliphatic rings. The number of hydrogen-bond donors (Lipinski definition) is 3. The summed E-state index contributed by atoms with van der Waals surface area (Å²) in [5.74, 6) is 0.122. The summed E-state index contributed by atoms with van der Waals surface area (Å²) in [6.45, 7) is 4.88. The molecule has 3 amide bonds. The number of piperidine rings is 2. The number of fused-ring (bicyclic) bond motifs is 2. The molecule has 4 saturated heterocycles. The zero-order chi connectivity index (χ0) is 22.0. The van der Waals surface area contributed by atoms with E-state index < -0.39 is 34.4 Å². The Bertz CT molecular complexity index is 775. The lowest BCUT2D eigenvalue weighted by molar-refractivity contribution is -0.139. The van der Waals surface area contributed by atoms with E-state index in [4.69, 9.17) is 9.39 Å². The molecule has 0 aromatic carbocycles. The highest BCUT2D eigenvalue weighted by molar-refractivity contribution is 7.80. The van der Waals surface area contributed by atoms with Gasteiger partial charge < -0.3 is 15.1 Å². The van der Waals surface area contributed by atoms with E-state index in [0.29, 0.717) is 30.4 Å². The maximum atomic E-state index is 12.5. The van der Waals surface area contributed by atoms with E-state index in [9.17, 15) is 18.0 Å². The van der Waals surface area contributed by atoms with Gasteiger partial charge in [0, 0.05) is 19.1 Å². The lowest BCUT2D eigenvalue weighted by Gasteiger charge is -2.29. The molecule has 176 valence electrons. The highest BCUT2D eigenvalue weighted by Gasteiger charge is 2.49. The zero-order valence-electron chi connectivity index (χ0n) is 17.4. The first-order valence-electron chi connectivity index (χ1n) is 10.9. The molecule has 3 N–H and O–H groups in total. The van der Waals surface area contributed by atoms with Gasteiger partial charge in [-0.1, -0.05) is 6.42 Å². The SMILES string of the molecule is O=C(NOC[C@@H]1C[C@@H](CN2CCCCC2)CN1)C1CCC2CN1C(=O)N2OS(=O)(=O)O. The van der Waals surface area contributed by atoms with Crippen molar-refractivity contribution in [2.75, 3.05) is 39.3 Å². The van der Waals surface area contributed by atoms with Crippen molar-refractivity contribution < 1.29 is 31.7 Å². The Morgan fingerprint density at radius 3 is 2.74 bits per heavy atom. The molecular formula is C18H31N5O7S. The van der Waals surface area contributed by atoms with Gasteiger partial charge in [0.2, 0.25) is 0 Å². The minimum atomic E-state index is -4.81. The van der Waals surface area contributed by atoms with Gasteiger partial charge >= 0.3 is 16.4 Å². The Kier molecular flexibility index (Phi) is 6.98. The van der Waals surface area contributed by atoms with Gasteiger partial charge in [-0.05, 0) is 57.7 Å². The standard InChI is InChI=1S/C18H31N5O7S/c24-17(16-5-4-15-11-22(16)18(25)23(15)30-31(26,27)28)20-29-12-14-8-13(9-19-14)10-21-6-2-1-3-7-21/h13-16,19H,1-12H2,(H,20,24)(H,26,27,28)/t13-,14+,15?,16?/m1/s1. The van der Waals surface area contributed by atoms with Gasteiger partial charge in [-0.2, -0.15) is 13.5 Å². The number of hydroxylamine groups is 3. The normalized spacial score (nSPS) is 32.0. The molecule has 0 spiro atoms. The van der Waals surface area contributed by atoms with Gasteiger partial charge in [0.15, 0.2) is 0 Å². The summed E-state index contributed by atoms with van der Waals surface area (Å²) in [5.41, 5.74) is 2.43. The third-order valence-electron chi connectivity index (χ3n) is 6.54. The monoisotopic (exact) mass is 461 g/mol. The van der Waals surface area contributed by atoms with Crippen LogP contribution in [0.25, 0.3) is 0 Å². The fraction of sp³-hybridized carbons (Fsp3) is 0.889. The minimum absolute atomic E-state index is 0.148. The third-order valence-corrected chi connectivity index (χ3v) is 6.88. The molecule has 4 fully saturated rings. The van der Waals surface area contributed by atoms with E-state index in [1.54, 1.807) is 0 Å². The van der Waals surface area contributed by atoms with Crippen LogP contribution in [0.15, 0.2) is 0 Å². The van der Waals surface area contributed by atoms with Crippen LogP contribution in [0.3, 0.4) is 0 Å². The first kappa shape index (κ1) is 22.7. The molecule has 4 aliphatic heterocycles. The number of urea groups is 1. The molecule has 0 aliphatic carbocycles. The van der Waals surface area contributed by atoms with Crippen molar-refractivity contribution in [2.24, 2.45) is 5.92 Å². The second kappa shape index (κ2) is 9.55. The highest BCUT2D eigenvalue weighted by atomic mass is 32.3. The van der Waals surface area contributed by atoms with Crippen molar-refractivity contribution in [3.8, 4) is 0 Å². The van der Waals surface area contributed by atoms with Crippen molar-refractivity contribution in [2.45, 2.75) is 56.7 Å². The van der Waals surface area contributed by atoms with Crippen LogP contribution in [-0.4, -0.2) is 97.2 Å².